The van der Waals surface area contributed by atoms with Crippen LogP contribution in [0.3, 0.4) is 0 Å². The molecule has 102 valence electrons. The molecule has 7 nitrogen and oxygen atoms in total. The van der Waals surface area contributed by atoms with Crippen molar-refractivity contribution in [2.75, 3.05) is 13.1 Å². The summed E-state index contributed by atoms with van der Waals surface area (Å²) >= 11 is 0. The number of amides is 3. The maximum atomic E-state index is 11.8. The number of rotatable bonds is 4. The van der Waals surface area contributed by atoms with Gasteiger partial charge in [-0.2, -0.15) is 0 Å². The van der Waals surface area contributed by atoms with E-state index in [-0.39, 0.29) is 18.9 Å². The molecule has 0 aromatic rings. The van der Waals surface area contributed by atoms with Gasteiger partial charge in [0, 0.05) is 19.5 Å². The minimum absolute atomic E-state index is 0.0485. The van der Waals surface area contributed by atoms with Gasteiger partial charge in [-0.3, -0.25) is 4.79 Å². The predicted molar refractivity (Wildman–Crippen MR) is 63.7 cm³/mol. The van der Waals surface area contributed by atoms with E-state index in [1.807, 2.05) is 6.92 Å². The highest BCUT2D eigenvalue weighted by Crippen LogP contribution is 2.23. The van der Waals surface area contributed by atoms with Crippen LogP contribution < -0.4 is 11.1 Å². The molecule has 1 heterocycles. The Morgan fingerprint density at radius 2 is 2.11 bits per heavy atom. The van der Waals surface area contributed by atoms with Crippen molar-refractivity contribution >= 4 is 17.9 Å². The first-order valence-electron chi connectivity index (χ1n) is 5.99. The van der Waals surface area contributed by atoms with Gasteiger partial charge in [-0.25, -0.2) is 9.59 Å². The van der Waals surface area contributed by atoms with Gasteiger partial charge in [-0.05, 0) is 18.8 Å². The topological polar surface area (TPSA) is 113 Å². The molecular formula is C11H19N3O4. The van der Waals surface area contributed by atoms with Gasteiger partial charge < -0.3 is 21.1 Å². The third-order valence-electron chi connectivity index (χ3n) is 3.09. The number of nitrogens with zero attached hydrogens (tertiary/aromatic N) is 1. The molecule has 0 bridgehead atoms. The number of urea groups is 1. The van der Waals surface area contributed by atoms with Gasteiger partial charge in [-0.1, -0.05) is 6.92 Å². The van der Waals surface area contributed by atoms with Gasteiger partial charge in [0.2, 0.25) is 5.91 Å². The van der Waals surface area contributed by atoms with E-state index in [4.69, 9.17) is 10.8 Å². The van der Waals surface area contributed by atoms with Gasteiger partial charge in [0.05, 0.1) is 0 Å². The summed E-state index contributed by atoms with van der Waals surface area (Å²) in [4.78, 5) is 34.9. The van der Waals surface area contributed by atoms with E-state index in [1.54, 1.807) is 0 Å². The second-order valence-corrected chi connectivity index (χ2v) is 4.54. The Bertz CT molecular complexity index is 345. The van der Waals surface area contributed by atoms with E-state index < -0.39 is 23.9 Å². The Kier molecular flexibility index (Phi) is 4.94. The molecule has 1 rings (SSSR count). The molecule has 1 aliphatic rings. The number of nitrogens with two attached hydrogens (primary N) is 1. The second-order valence-electron chi connectivity index (χ2n) is 4.54. The van der Waals surface area contributed by atoms with Crippen LogP contribution in [0.1, 0.15) is 26.2 Å². The molecular weight excluding hydrogens is 238 g/mol. The van der Waals surface area contributed by atoms with Crippen molar-refractivity contribution in [2.24, 2.45) is 11.7 Å². The van der Waals surface area contributed by atoms with Crippen LogP contribution >= 0.6 is 0 Å². The molecule has 0 aliphatic carbocycles. The van der Waals surface area contributed by atoms with Crippen LogP contribution in [0.4, 0.5) is 4.79 Å². The average Bonchev–Trinajstić information content (AvgIpc) is 2.27. The minimum Gasteiger partial charge on any atom is -0.480 e. The highest BCUT2D eigenvalue weighted by molar-refractivity contribution is 5.83. The van der Waals surface area contributed by atoms with Crippen molar-refractivity contribution in [3.05, 3.63) is 0 Å². The van der Waals surface area contributed by atoms with Crippen LogP contribution in [0.25, 0.3) is 0 Å². The van der Waals surface area contributed by atoms with Crippen molar-refractivity contribution in [1.82, 2.24) is 10.2 Å². The number of likely N-dealkylation sites (tertiary alicyclic amines) is 1. The van der Waals surface area contributed by atoms with E-state index >= 15 is 0 Å². The molecule has 1 aliphatic heterocycles. The highest BCUT2D eigenvalue weighted by atomic mass is 16.4. The summed E-state index contributed by atoms with van der Waals surface area (Å²) in [5.74, 6) is -1.57. The Balaban J connectivity index is 2.58. The molecule has 3 amide bonds. The number of carboxylic acid groups (broad SMARTS) is 1. The van der Waals surface area contributed by atoms with E-state index in [0.717, 1.165) is 12.8 Å². The fraction of sp³-hybridized carbons (Fsp3) is 0.727. The zero-order valence-corrected chi connectivity index (χ0v) is 10.4. The number of primary amides is 1. The molecule has 1 fully saturated rings. The fourth-order valence-corrected chi connectivity index (χ4v) is 2.19. The molecule has 4 N–H and O–H groups in total. The number of hydrogen-bond donors (Lipinski definition) is 3. The molecule has 0 spiro atoms. The summed E-state index contributed by atoms with van der Waals surface area (Å²) in [5, 5.41) is 11.7. The molecule has 0 aromatic carbocycles. The lowest BCUT2D eigenvalue weighted by Gasteiger charge is -2.37. The predicted octanol–water partition coefficient (Wildman–Crippen LogP) is -0.243. The zero-order chi connectivity index (χ0) is 13.7. The van der Waals surface area contributed by atoms with Crippen molar-refractivity contribution < 1.29 is 19.5 Å². The number of aliphatic carboxylic acids is 1. The quantitative estimate of drug-likeness (QED) is 0.644. The normalized spacial score (nSPS) is 23.5. The van der Waals surface area contributed by atoms with Crippen LogP contribution in [-0.4, -0.2) is 47.0 Å². The zero-order valence-electron chi connectivity index (χ0n) is 10.4. The number of hydrogen-bond acceptors (Lipinski definition) is 3. The average molecular weight is 257 g/mol. The molecule has 18 heavy (non-hydrogen) atoms. The lowest BCUT2D eigenvalue weighted by molar-refractivity contribution is -0.145. The standard InChI is InChI=1S/C11H19N3O4/c1-7-3-2-6-14(9(7)10(16)17)11(18)13-5-4-8(12)15/h7,9H,2-6H2,1H3,(H2,12,15)(H,13,18)(H,16,17). The summed E-state index contributed by atoms with van der Waals surface area (Å²) < 4.78 is 0. The van der Waals surface area contributed by atoms with Crippen molar-refractivity contribution in [2.45, 2.75) is 32.2 Å². The number of carbonyl (C=O) groups is 3. The van der Waals surface area contributed by atoms with Crippen molar-refractivity contribution in [3.8, 4) is 0 Å². The van der Waals surface area contributed by atoms with Crippen LogP contribution in [0.2, 0.25) is 0 Å². The Morgan fingerprint density at radius 3 is 2.67 bits per heavy atom. The van der Waals surface area contributed by atoms with E-state index in [9.17, 15) is 14.4 Å². The monoisotopic (exact) mass is 257 g/mol. The maximum Gasteiger partial charge on any atom is 0.326 e. The SMILES string of the molecule is CC1CCCN(C(=O)NCCC(N)=O)C1C(=O)O. The first-order valence-corrected chi connectivity index (χ1v) is 5.99. The van der Waals surface area contributed by atoms with Crippen molar-refractivity contribution in [3.63, 3.8) is 0 Å². The first kappa shape index (κ1) is 14.3. The van der Waals surface area contributed by atoms with Crippen LogP contribution in [0, 0.1) is 5.92 Å². The molecule has 0 aromatic heterocycles. The Labute approximate surface area is 105 Å². The third kappa shape index (κ3) is 3.61. The molecule has 7 heteroatoms. The lowest BCUT2D eigenvalue weighted by Crippen LogP contribution is -2.55. The molecule has 2 atom stereocenters. The molecule has 0 radical (unpaired) electrons. The smallest absolute Gasteiger partial charge is 0.326 e. The number of carbonyl (C=O) groups excluding carboxylic acids is 2. The van der Waals surface area contributed by atoms with E-state index in [0.29, 0.717) is 6.54 Å². The van der Waals surface area contributed by atoms with E-state index in [2.05, 4.69) is 5.32 Å². The van der Waals surface area contributed by atoms with Crippen LogP contribution in [-0.2, 0) is 9.59 Å². The number of carboxylic acids is 1. The van der Waals surface area contributed by atoms with Crippen LogP contribution in [0.5, 0.6) is 0 Å². The fourth-order valence-electron chi connectivity index (χ4n) is 2.19. The minimum atomic E-state index is -0.993. The van der Waals surface area contributed by atoms with Crippen LogP contribution in [0.15, 0.2) is 0 Å². The highest BCUT2D eigenvalue weighted by Gasteiger charge is 2.36. The maximum absolute atomic E-state index is 11.8. The lowest BCUT2D eigenvalue weighted by atomic mass is 9.91. The third-order valence-corrected chi connectivity index (χ3v) is 3.09. The summed E-state index contributed by atoms with van der Waals surface area (Å²) in [5.41, 5.74) is 4.96. The number of nitrogens with one attached hydrogen (secondary N) is 1. The Morgan fingerprint density at radius 1 is 1.44 bits per heavy atom. The number of piperidine rings is 1. The summed E-state index contributed by atoms with van der Waals surface area (Å²) in [7, 11) is 0. The Hall–Kier alpha value is -1.79. The van der Waals surface area contributed by atoms with Gasteiger partial charge in [0.1, 0.15) is 6.04 Å². The van der Waals surface area contributed by atoms with E-state index in [1.165, 1.54) is 4.90 Å². The first-order chi connectivity index (χ1) is 8.43. The molecule has 2 unspecified atom stereocenters. The van der Waals surface area contributed by atoms with Crippen molar-refractivity contribution in [1.29, 1.82) is 0 Å². The largest absolute Gasteiger partial charge is 0.480 e. The summed E-state index contributed by atoms with van der Waals surface area (Å²) in [6.45, 7) is 2.37. The summed E-state index contributed by atoms with van der Waals surface area (Å²) in [6.07, 6.45) is 1.63. The van der Waals surface area contributed by atoms with Gasteiger partial charge in [-0.15, -0.1) is 0 Å². The second kappa shape index (κ2) is 6.23. The van der Waals surface area contributed by atoms with Gasteiger partial charge in [0.15, 0.2) is 0 Å². The summed E-state index contributed by atoms with van der Waals surface area (Å²) in [6, 6.07) is -1.25. The van der Waals surface area contributed by atoms with Gasteiger partial charge in [0.25, 0.3) is 0 Å². The molecule has 1 saturated heterocycles. The molecule has 0 saturated carbocycles. The van der Waals surface area contributed by atoms with Gasteiger partial charge >= 0.3 is 12.0 Å².